The number of fused-ring (bicyclic) bond motifs is 1. The average Bonchev–Trinajstić information content (AvgIpc) is 2.78. The molecule has 1 aromatic carbocycles. The standard InChI is InChI=1S/C21H24BrN3O/c1-4-14(5-2)19-21(26)25(6-3)18-11-10-15(22)13-16(18)20(24-19)17-9-7-8-12-23-17/h7-14,19H,4-6H2,1-3H3/t19-/m0/s1. The molecule has 0 radical (unpaired) electrons. The molecule has 1 atom stereocenters. The lowest BCUT2D eigenvalue weighted by atomic mass is 9.93. The number of anilines is 1. The Morgan fingerprint density at radius 2 is 1.92 bits per heavy atom. The molecule has 1 amide bonds. The van der Waals surface area contributed by atoms with Crippen molar-refractivity contribution >= 4 is 33.2 Å². The highest BCUT2D eigenvalue weighted by Gasteiger charge is 2.35. The summed E-state index contributed by atoms with van der Waals surface area (Å²) in [7, 11) is 0. The summed E-state index contributed by atoms with van der Waals surface area (Å²) >= 11 is 3.57. The SMILES string of the molecule is CCC(CC)[C@@H]1N=C(c2ccccn2)c2cc(Br)ccc2N(CC)C1=O. The number of benzene rings is 1. The summed E-state index contributed by atoms with van der Waals surface area (Å²) < 4.78 is 0.962. The first-order chi connectivity index (χ1) is 12.6. The van der Waals surface area contributed by atoms with Gasteiger partial charge in [-0.1, -0.05) is 48.7 Å². The molecule has 3 rings (SSSR count). The molecule has 0 bridgehead atoms. The van der Waals surface area contributed by atoms with E-state index in [1.54, 1.807) is 6.20 Å². The Hall–Kier alpha value is -2.01. The largest absolute Gasteiger partial charge is 0.310 e. The summed E-state index contributed by atoms with van der Waals surface area (Å²) in [5, 5.41) is 0. The fourth-order valence-corrected chi connectivity index (χ4v) is 3.91. The van der Waals surface area contributed by atoms with Gasteiger partial charge in [-0.25, -0.2) is 0 Å². The van der Waals surface area contributed by atoms with Gasteiger partial charge < -0.3 is 4.90 Å². The van der Waals surface area contributed by atoms with Crippen molar-refractivity contribution in [1.29, 1.82) is 0 Å². The highest BCUT2D eigenvalue weighted by Crippen LogP contribution is 2.33. The lowest BCUT2D eigenvalue weighted by molar-refractivity contribution is -0.120. The molecular weight excluding hydrogens is 390 g/mol. The first-order valence-corrected chi connectivity index (χ1v) is 10.00. The van der Waals surface area contributed by atoms with Crippen LogP contribution in [-0.4, -0.2) is 29.2 Å². The minimum absolute atomic E-state index is 0.0794. The number of carbonyl (C=O) groups excluding carboxylic acids is 1. The molecule has 4 nitrogen and oxygen atoms in total. The van der Waals surface area contributed by atoms with Gasteiger partial charge >= 0.3 is 0 Å². The van der Waals surface area contributed by atoms with E-state index in [0.717, 1.165) is 40.0 Å². The topological polar surface area (TPSA) is 45.6 Å². The lowest BCUT2D eigenvalue weighted by Crippen LogP contribution is -2.41. The number of likely N-dealkylation sites (N-methyl/N-ethyl adjacent to an activating group) is 1. The number of rotatable bonds is 5. The lowest BCUT2D eigenvalue weighted by Gasteiger charge is -2.27. The summed E-state index contributed by atoms with van der Waals surface area (Å²) in [6.45, 7) is 6.89. The number of halogens is 1. The number of hydrogen-bond donors (Lipinski definition) is 0. The van der Waals surface area contributed by atoms with Crippen molar-refractivity contribution in [2.45, 2.75) is 39.7 Å². The van der Waals surface area contributed by atoms with Gasteiger partial charge in [-0.15, -0.1) is 0 Å². The van der Waals surface area contributed by atoms with Crippen LogP contribution in [0.4, 0.5) is 5.69 Å². The van der Waals surface area contributed by atoms with Crippen LogP contribution in [0, 0.1) is 5.92 Å². The molecule has 1 aliphatic heterocycles. The van der Waals surface area contributed by atoms with Gasteiger partial charge in [-0.05, 0) is 43.2 Å². The van der Waals surface area contributed by atoms with Gasteiger partial charge in [0.15, 0.2) is 0 Å². The van der Waals surface area contributed by atoms with Gasteiger partial charge in [0.05, 0.1) is 17.1 Å². The fourth-order valence-electron chi connectivity index (χ4n) is 3.55. The third-order valence-electron chi connectivity index (χ3n) is 5.01. The molecule has 0 fully saturated rings. The number of nitrogens with zero attached hydrogens (tertiary/aromatic N) is 3. The van der Waals surface area contributed by atoms with Crippen molar-refractivity contribution in [3.63, 3.8) is 0 Å². The van der Waals surface area contributed by atoms with Gasteiger partial charge in [0.1, 0.15) is 6.04 Å². The van der Waals surface area contributed by atoms with E-state index in [-0.39, 0.29) is 17.9 Å². The van der Waals surface area contributed by atoms with Gasteiger partial charge in [0.25, 0.3) is 5.91 Å². The summed E-state index contributed by atoms with van der Waals surface area (Å²) in [6, 6.07) is 11.4. The molecule has 26 heavy (non-hydrogen) atoms. The van der Waals surface area contributed by atoms with Gasteiger partial charge in [0, 0.05) is 22.8 Å². The molecule has 0 unspecified atom stereocenters. The Labute approximate surface area is 163 Å². The Kier molecular flexibility index (Phi) is 5.87. The maximum atomic E-state index is 13.3. The first-order valence-electron chi connectivity index (χ1n) is 9.21. The molecule has 1 aromatic heterocycles. The van der Waals surface area contributed by atoms with E-state index in [2.05, 4.69) is 34.8 Å². The van der Waals surface area contributed by atoms with Gasteiger partial charge in [-0.3, -0.25) is 14.8 Å². The number of hydrogen-bond acceptors (Lipinski definition) is 3. The van der Waals surface area contributed by atoms with Crippen molar-refractivity contribution in [2.24, 2.45) is 10.9 Å². The van der Waals surface area contributed by atoms with Crippen molar-refractivity contribution in [3.05, 3.63) is 58.3 Å². The van der Waals surface area contributed by atoms with Crippen LogP contribution in [0.2, 0.25) is 0 Å². The number of amides is 1. The van der Waals surface area contributed by atoms with Crippen LogP contribution < -0.4 is 4.90 Å². The Morgan fingerprint density at radius 3 is 2.54 bits per heavy atom. The number of aliphatic imine (C=N–C) groups is 1. The molecule has 2 aromatic rings. The van der Waals surface area contributed by atoms with E-state index >= 15 is 0 Å². The molecule has 136 valence electrons. The number of aromatic nitrogens is 1. The van der Waals surface area contributed by atoms with Crippen LogP contribution in [0.25, 0.3) is 0 Å². The van der Waals surface area contributed by atoms with Crippen LogP contribution in [0.15, 0.2) is 52.1 Å². The molecule has 5 heteroatoms. The number of pyridine rings is 1. The predicted molar refractivity (Wildman–Crippen MR) is 110 cm³/mol. The maximum absolute atomic E-state index is 13.3. The zero-order valence-corrected chi connectivity index (χ0v) is 17.0. The van der Waals surface area contributed by atoms with E-state index in [1.807, 2.05) is 48.2 Å². The molecule has 0 spiro atoms. The Bertz CT molecular complexity index is 815. The van der Waals surface area contributed by atoms with Crippen molar-refractivity contribution in [2.75, 3.05) is 11.4 Å². The fraction of sp³-hybridized carbons (Fsp3) is 0.381. The van der Waals surface area contributed by atoms with E-state index in [9.17, 15) is 4.79 Å². The first kappa shape index (κ1) is 18.8. The second-order valence-corrected chi connectivity index (χ2v) is 7.37. The summed E-state index contributed by atoms with van der Waals surface area (Å²) in [5.74, 6) is 0.295. The van der Waals surface area contributed by atoms with E-state index in [1.165, 1.54) is 0 Å². The molecule has 2 heterocycles. The second kappa shape index (κ2) is 8.12. The maximum Gasteiger partial charge on any atom is 0.252 e. The summed E-state index contributed by atoms with van der Waals surface area (Å²) in [6.07, 6.45) is 3.61. The highest BCUT2D eigenvalue weighted by molar-refractivity contribution is 9.10. The Balaban J connectivity index is 2.27. The summed E-state index contributed by atoms with van der Waals surface area (Å²) in [5.41, 5.74) is 3.44. The molecular formula is C21H24BrN3O. The molecule has 1 aliphatic rings. The van der Waals surface area contributed by atoms with Crippen molar-refractivity contribution in [1.82, 2.24) is 4.98 Å². The third-order valence-corrected chi connectivity index (χ3v) is 5.50. The molecule has 0 saturated heterocycles. The molecule has 0 aliphatic carbocycles. The van der Waals surface area contributed by atoms with E-state index < -0.39 is 0 Å². The average molecular weight is 414 g/mol. The van der Waals surface area contributed by atoms with Gasteiger partial charge in [-0.2, -0.15) is 0 Å². The van der Waals surface area contributed by atoms with Crippen molar-refractivity contribution in [3.8, 4) is 0 Å². The van der Waals surface area contributed by atoms with Crippen LogP contribution in [-0.2, 0) is 4.79 Å². The normalized spacial score (nSPS) is 17.1. The van der Waals surface area contributed by atoms with E-state index in [4.69, 9.17) is 4.99 Å². The third kappa shape index (κ3) is 3.45. The van der Waals surface area contributed by atoms with E-state index in [0.29, 0.717) is 6.54 Å². The number of benzodiazepines with no additional fused rings is 1. The second-order valence-electron chi connectivity index (χ2n) is 6.46. The smallest absolute Gasteiger partial charge is 0.252 e. The number of carbonyl (C=O) groups is 1. The van der Waals surface area contributed by atoms with Crippen molar-refractivity contribution < 1.29 is 4.79 Å². The summed E-state index contributed by atoms with van der Waals surface area (Å²) in [4.78, 5) is 24.7. The van der Waals surface area contributed by atoms with Crippen LogP contribution >= 0.6 is 15.9 Å². The zero-order chi connectivity index (χ0) is 18.7. The van der Waals surface area contributed by atoms with Crippen LogP contribution in [0.3, 0.4) is 0 Å². The minimum Gasteiger partial charge on any atom is -0.310 e. The predicted octanol–water partition coefficient (Wildman–Crippen LogP) is 4.85. The van der Waals surface area contributed by atoms with Crippen LogP contribution in [0.5, 0.6) is 0 Å². The Morgan fingerprint density at radius 1 is 1.15 bits per heavy atom. The monoisotopic (exact) mass is 413 g/mol. The van der Waals surface area contributed by atoms with Gasteiger partial charge in [0.2, 0.25) is 0 Å². The quantitative estimate of drug-likeness (QED) is 0.702. The van der Waals surface area contributed by atoms with Crippen LogP contribution in [0.1, 0.15) is 44.9 Å². The highest BCUT2D eigenvalue weighted by atomic mass is 79.9. The molecule has 0 saturated carbocycles. The zero-order valence-electron chi connectivity index (χ0n) is 15.4. The molecule has 0 N–H and O–H groups in total. The minimum atomic E-state index is -0.381.